The minimum absolute atomic E-state index is 0.452. The van der Waals surface area contributed by atoms with Gasteiger partial charge in [0.2, 0.25) is 0 Å². The van der Waals surface area contributed by atoms with Crippen LogP contribution in [0, 0.1) is 6.92 Å². The molecule has 0 unspecified atom stereocenters. The molecule has 1 aliphatic rings. The summed E-state index contributed by atoms with van der Waals surface area (Å²) in [5, 5.41) is 0.768. The Balaban J connectivity index is 1.51. The van der Waals surface area contributed by atoms with Crippen molar-refractivity contribution in [3.63, 3.8) is 0 Å². The van der Waals surface area contributed by atoms with Crippen LogP contribution in [0.1, 0.15) is 27.9 Å². The maximum atomic E-state index is 12.7. The second-order valence-electron chi connectivity index (χ2n) is 7.24. The van der Waals surface area contributed by atoms with Gasteiger partial charge in [0.25, 0.3) is 0 Å². The molecule has 7 heteroatoms. The molecule has 0 amide bonds. The van der Waals surface area contributed by atoms with Crippen LogP contribution in [0.25, 0.3) is 11.4 Å². The van der Waals surface area contributed by atoms with Crippen LogP contribution in [0.2, 0.25) is 5.02 Å². The average molecular weight is 418 g/mol. The number of alkyl halides is 3. The molecule has 29 heavy (non-hydrogen) atoms. The van der Waals surface area contributed by atoms with E-state index in [2.05, 4.69) is 27.9 Å². The number of aromatic nitrogens is 2. The van der Waals surface area contributed by atoms with Crippen molar-refractivity contribution in [3.05, 3.63) is 81.6 Å². The molecule has 0 bridgehead atoms. The summed E-state index contributed by atoms with van der Waals surface area (Å²) in [6.45, 7) is 4.36. The van der Waals surface area contributed by atoms with Crippen molar-refractivity contribution >= 4 is 11.6 Å². The van der Waals surface area contributed by atoms with Gasteiger partial charge in [-0.1, -0.05) is 35.9 Å². The molecule has 0 aliphatic carbocycles. The Hall–Kier alpha value is -2.44. The summed E-state index contributed by atoms with van der Waals surface area (Å²) in [4.78, 5) is 11.3. The van der Waals surface area contributed by atoms with Crippen molar-refractivity contribution in [1.29, 1.82) is 0 Å². The van der Waals surface area contributed by atoms with Gasteiger partial charge in [-0.3, -0.25) is 4.90 Å². The lowest BCUT2D eigenvalue weighted by Crippen LogP contribution is -2.31. The van der Waals surface area contributed by atoms with Crippen molar-refractivity contribution < 1.29 is 13.2 Å². The van der Waals surface area contributed by atoms with Crippen molar-refractivity contribution in [3.8, 4) is 11.4 Å². The van der Waals surface area contributed by atoms with Crippen LogP contribution in [0.3, 0.4) is 0 Å². The van der Waals surface area contributed by atoms with Crippen LogP contribution in [0.4, 0.5) is 13.2 Å². The van der Waals surface area contributed by atoms with Gasteiger partial charge in [0.15, 0.2) is 5.82 Å². The predicted octanol–water partition coefficient (Wildman–Crippen LogP) is 5.68. The van der Waals surface area contributed by atoms with Crippen molar-refractivity contribution in [2.75, 3.05) is 6.54 Å². The van der Waals surface area contributed by atoms with E-state index < -0.39 is 11.7 Å². The van der Waals surface area contributed by atoms with Gasteiger partial charge in [0, 0.05) is 48.4 Å². The van der Waals surface area contributed by atoms with Gasteiger partial charge in [0.05, 0.1) is 11.3 Å². The van der Waals surface area contributed by atoms with Gasteiger partial charge in [-0.2, -0.15) is 13.2 Å². The second-order valence-corrected chi connectivity index (χ2v) is 7.64. The Morgan fingerprint density at radius 3 is 2.55 bits per heavy atom. The molecular weight excluding hydrogens is 399 g/mol. The number of nitrogens with zero attached hydrogens (tertiary/aromatic N) is 3. The molecular formula is C22H19ClF3N3. The summed E-state index contributed by atoms with van der Waals surface area (Å²) in [5.74, 6) is 0.452. The van der Waals surface area contributed by atoms with Crippen molar-refractivity contribution in [1.82, 2.24) is 14.9 Å². The molecule has 1 aliphatic heterocycles. The summed E-state index contributed by atoms with van der Waals surface area (Å²) >= 11 is 6.36. The average Bonchev–Trinajstić information content (AvgIpc) is 2.70. The Bertz CT molecular complexity index is 1010. The Kier molecular flexibility index (Phi) is 5.32. The summed E-state index contributed by atoms with van der Waals surface area (Å²) in [5.41, 5.74) is 4.18. The first-order valence-corrected chi connectivity index (χ1v) is 9.68. The third-order valence-corrected chi connectivity index (χ3v) is 5.57. The largest absolute Gasteiger partial charge is 0.416 e. The van der Waals surface area contributed by atoms with Crippen LogP contribution in [0.5, 0.6) is 0 Å². The summed E-state index contributed by atoms with van der Waals surface area (Å²) < 4.78 is 38.2. The van der Waals surface area contributed by atoms with Crippen molar-refractivity contribution in [2.45, 2.75) is 32.6 Å². The molecule has 2 heterocycles. The van der Waals surface area contributed by atoms with Crippen LogP contribution >= 0.6 is 11.6 Å². The number of hydrogen-bond donors (Lipinski definition) is 0. The molecule has 0 saturated carbocycles. The SMILES string of the molecule is Cc1cccc(Cl)c1CN1CCc2nc(-c3ccc(C(F)(F)F)cc3)ncc2C1. The summed E-state index contributed by atoms with van der Waals surface area (Å²) in [7, 11) is 0. The lowest BCUT2D eigenvalue weighted by molar-refractivity contribution is -0.137. The fourth-order valence-corrected chi connectivity index (χ4v) is 3.83. The highest BCUT2D eigenvalue weighted by Crippen LogP contribution is 2.31. The number of aryl methyl sites for hydroxylation is 1. The van der Waals surface area contributed by atoms with E-state index in [4.69, 9.17) is 11.6 Å². The highest BCUT2D eigenvalue weighted by Gasteiger charge is 2.30. The van der Waals surface area contributed by atoms with E-state index in [1.54, 1.807) is 6.20 Å². The summed E-state index contributed by atoms with van der Waals surface area (Å²) in [6.07, 6.45) is -1.81. The molecule has 4 rings (SSSR count). The first-order valence-electron chi connectivity index (χ1n) is 9.30. The topological polar surface area (TPSA) is 29.0 Å². The summed E-state index contributed by atoms with van der Waals surface area (Å²) in [6, 6.07) is 10.9. The molecule has 0 N–H and O–H groups in total. The monoisotopic (exact) mass is 417 g/mol. The predicted molar refractivity (Wildman–Crippen MR) is 106 cm³/mol. The van der Waals surface area contributed by atoms with E-state index in [9.17, 15) is 13.2 Å². The Morgan fingerprint density at radius 2 is 1.86 bits per heavy atom. The lowest BCUT2D eigenvalue weighted by Gasteiger charge is -2.29. The van der Waals surface area contributed by atoms with E-state index in [0.29, 0.717) is 17.9 Å². The number of fused-ring (bicyclic) bond motifs is 1. The van der Waals surface area contributed by atoms with Gasteiger partial charge >= 0.3 is 6.18 Å². The molecule has 0 atom stereocenters. The second kappa shape index (κ2) is 7.76. The third-order valence-electron chi connectivity index (χ3n) is 5.22. The Morgan fingerprint density at radius 1 is 1.10 bits per heavy atom. The third kappa shape index (κ3) is 4.28. The number of benzene rings is 2. The molecule has 150 valence electrons. The lowest BCUT2D eigenvalue weighted by atomic mass is 10.0. The number of rotatable bonds is 3. The smallest absolute Gasteiger partial charge is 0.294 e. The molecule has 1 aromatic heterocycles. The van der Waals surface area contributed by atoms with Gasteiger partial charge in [-0.25, -0.2) is 9.97 Å². The van der Waals surface area contributed by atoms with E-state index in [1.165, 1.54) is 12.1 Å². The van der Waals surface area contributed by atoms with Crippen LogP contribution in [-0.2, 0) is 25.7 Å². The molecule has 3 nitrogen and oxygen atoms in total. The van der Waals surface area contributed by atoms with Gasteiger partial charge in [0.1, 0.15) is 0 Å². The minimum Gasteiger partial charge on any atom is -0.294 e. The zero-order valence-corrected chi connectivity index (χ0v) is 16.6. The van der Waals surface area contributed by atoms with Gasteiger partial charge < -0.3 is 0 Å². The van der Waals surface area contributed by atoms with Gasteiger partial charge in [-0.15, -0.1) is 0 Å². The van der Waals surface area contributed by atoms with Crippen molar-refractivity contribution in [2.24, 2.45) is 0 Å². The number of hydrogen-bond acceptors (Lipinski definition) is 3. The molecule has 0 saturated heterocycles. The standard InChI is InChI=1S/C22H19ClF3N3/c1-14-3-2-4-19(23)18(14)13-29-10-9-20-16(12-29)11-27-21(28-20)15-5-7-17(8-6-15)22(24,25)26/h2-8,11H,9-10,12-13H2,1H3. The fourth-order valence-electron chi connectivity index (χ4n) is 3.55. The first-order chi connectivity index (χ1) is 13.8. The highest BCUT2D eigenvalue weighted by molar-refractivity contribution is 6.31. The molecule has 2 aromatic carbocycles. The molecule has 0 radical (unpaired) electrons. The van der Waals surface area contributed by atoms with E-state index >= 15 is 0 Å². The van der Waals surface area contributed by atoms with E-state index in [-0.39, 0.29) is 0 Å². The minimum atomic E-state index is -4.35. The molecule has 0 fully saturated rings. The van der Waals surface area contributed by atoms with Crippen LogP contribution in [0.15, 0.2) is 48.7 Å². The van der Waals surface area contributed by atoms with Crippen LogP contribution in [-0.4, -0.2) is 21.4 Å². The van der Waals surface area contributed by atoms with Gasteiger partial charge in [-0.05, 0) is 36.2 Å². The zero-order chi connectivity index (χ0) is 20.6. The maximum Gasteiger partial charge on any atom is 0.416 e. The molecule has 3 aromatic rings. The maximum absolute atomic E-state index is 12.7. The first kappa shape index (κ1) is 19.9. The number of halogens is 4. The zero-order valence-electron chi connectivity index (χ0n) is 15.8. The quantitative estimate of drug-likeness (QED) is 0.548. The van der Waals surface area contributed by atoms with E-state index in [0.717, 1.165) is 59.0 Å². The van der Waals surface area contributed by atoms with E-state index in [1.807, 2.05) is 12.1 Å². The fraction of sp³-hybridized carbons (Fsp3) is 0.273. The Labute approximate surface area is 172 Å². The normalized spacial score (nSPS) is 14.7. The van der Waals surface area contributed by atoms with Crippen LogP contribution < -0.4 is 0 Å². The highest BCUT2D eigenvalue weighted by atomic mass is 35.5. The molecule has 0 spiro atoms.